The number of sulfonamides is 1. The van der Waals surface area contributed by atoms with Crippen molar-refractivity contribution >= 4 is 16.0 Å². The summed E-state index contributed by atoms with van der Waals surface area (Å²) in [5, 5.41) is 9.05. The van der Waals surface area contributed by atoms with Crippen molar-refractivity contribution in [2.75, 3.05) is 0 Å². The lowest BCUT2D eigenvalue weighted by Gasteiger charge is -2.15. The van der Waals surface area contributed by atoms with Crippen LogP contribution < -0.4 is 9.46 Å². The monoisotopic (exact) mass is 373 g/mol. The van der Waals surface area contributed by atoms with Gasteiger partial charge in [-0.05, 0) is 18.6 Å². The summed E-state index contributed by atoms with van der Waals surface area (Å²) in [6.45, 7) is 0. The van der Waals surface area contributed by atoms with E-state index in [0.717, 1.165) is 5.56 Å². The molecule has 1 fully saturated rings. The van der Waals surface area contributed by atoms with E-state index < -0.39 is 16.0 Å². The summed E-state index contributed by atoms with van der Waals surface area (Å²) in [4.78, 5) is 11.3. The van der Waals surface area contributed by atoms with Gasteiger partial charge in [-0.15, -0.1) is 0 Å². The Labute approximate surface area is 151 Å². The van der Waals surface area contributed by atoms with Gasteiger partial charge in [-0.1, -0.05) is 36.4 Å². The first-order valence-corrected chi connectivity index (χ1v) is 10.00. The van der Waals surface area contributed by atoms with Crippen LogP contribution in [0.1, 0.15) is 29.9 Å². The minimum atomic E-state index is -3.56. The van der Waals surface area contributed by atoms with Crippen molar-refractivity contribution in [1.82, 2.24) is 4.72 Å². The van der Waals surface area contributed by atoms with Crippen molar-refractivity contribution in [1.29, 1.82) is 0 Å². The highest BCUT2D eigenvalue weighted by molar-refractivity contribution is 7.89. The Hall–Kier alpha value is -2.38. The standard InChI is InChI=1S/C19H19NO5S/c21-18(22)9-12-5-4-8-15-16-10-13(11-17(16)25-19(12)15)20-26(23,24)14-6-2-1-3-7-14/h1-8,13,16-17,20H,9-11H2,(H,21,22). The minimum Gasteiger partial charge on any atom is -0.489 e. The molecule has 0 amide bonds. The number of carboxylic acids is 1. The van der Waals surface area contributed by atoms with Crippen molar-refractivity contribution in [3.8, 4) is 5.75 Å². The normalized spacial score (nSPS) is 23.9. The average molecular weight is 373 g/mol. The van der Waals surface area contributed by atoms with Crippen molar-refractivity contribution in [3.05, 3.63) is 59.7 Å². The number of aliphatic carboxylic acids is 1. The fraction of sp³-hybridized carbons (Fsp3) is 0.316. The van der Waals surface area contributed by atoms with Crippen LogP contribution in [0.5, 0.6) is 5.75 Å². The van der Waals surface area contributed by atoms with E-state index in [1.165, 1.54) is 0 Å². The zero-order valence-electron chi connectivity index (χ0n) is 14.0. The maximum atomic E-state index is 12.5. The van der Waals surface area contributed by atoms with Crippen LogP contribution in [0.3, 0.4) is 0 Å². The third-order valence-corrected chi connectivity index (χ3v) is 6.55. The van der Waals surface area contributed by atoms with Gasteiger partial charge < -0.3 is 9.84 Å². The van der Waals surface area contributed by atoms with Gasteiger partial charge in [-0.2, -0.15) is 0 Å². The molecular weight excluding hydrogens is 354 g/mol. The van der Waals surface area contributed by atoms with E-state index in [2.05, 4.69) is 4.72 Å². The number of nitrogens with one attached hydrogen (secondary N) is 1. The van der Waals surface area contributed by atoms with Gasteiger partial charge >= 0.3 is 5.97 Å². The predicted molar refractivity (Wildman–Crippen MR) is 94.7 cm³/mol. The summed E-state index contributed by atoms with van der Waals surface area (Å²) >= 11 is 0. The molecule has 2 N–H and O–H groups in total. The second kappa shape index (κ2) is 6.41. The topological polar surface area (TPSA) is 92.7 Å². The van der Waals surface area contributed by atoms with Gasteiger partial charge in [0, 0.05) is 29.5 Å². The molecule has 0 saturated heterocycles. The van der Waals surface area contributed by atoms with Crippen LogP contribution in [0.2, 0.25) is 0 Å². The molecule has 1 aliphatic heterocycles. The van der Waals surface area contributed by atoms with Crippen LogP contribution in [0.4, 0.5) is 0 Å². The third-order valence-electron chi connectivity index (χ3n) is 5.02. The summed E-state index contributed by atoms with van der Waals surface area (Å²) in [7, 11) is -3.56. The molecule has 2 aromatic rings. The Morgan fingerprint density at radius 3 is 2.62 bits per heavy atom. The Morgan fingerprint density at radius 1 is 1.12 bits per heavy atom. The average Bonchev–Trinajstić information content (AvgIpc) is 3.13. The summed E-state index contributed by atoms with van der Waals surface area (Å²) < 4.78 is 33.8. The number of carboxylic acid groups (broad SMARTS) is 1. The Kier molecular flexibility index (Phi) is 4.20. The molecule has 0 radical (unpaired) electrons. The van der Waals surface area contributed by atoms with Crippen LogP contribution in [-0.2, 0) is 21.2 Å². The SMILES string of the molecule is O=C(O)Cc1cccc2c1OC1CC(NS(=O)(=O)c3ccccc3)CC21. The van der Waals surface area contributed by atoms with Crippen LogP contribution in [-0.4, -0.2) is 31.6 Å². The van der Waals surface area contributed by atoms with Gasteiger partial charge in [-0.25, -0.2) is 13.1 Å². The van der Waals surface area contributed by atoms with Gasteiger partial charge in [-0.3, -0.25) is 4.79 Å². The first-order chi connectivity index (χ1) is 12.4. The smallest absolute Gasteiger partial charge is 0.307 e. The lowest BCUT2D eigenvalue weighted by molar-refractivity contribution is -0.136. The quantitative estimate of drug-likeness (QED) is 0.839. The third kappa shape index (κ3) is 3.08. The van der Waals surface area contributed by atoms with E-state index in [1.54, 1.807) is 36.4 Å². The van der Waals surface area contributed by atoms with E-state index in [-0.39, 0.29) is 29.4 Å². The number of carbonyl (C=O) groups is 1. The molecule has 1 aliphatic carbocycles. The number of hydrogen-bond donors (Lipinski definition) is 2. The van der Waals surface area contributed by atoms with Gasteiger partial charge in [0.15, 0.2) is 0 Å². The van der Waals surface area contributed by atoms with Gasteiger partial charge in [0.1, 0.15) is 11.9 Å². The Bertz CT molecular complexity index is 942. The molecule has 2 aromatic carbocycles. The van der Waals surface area contributed by atoms with E-state index in [0.29, 0.717) is 24.2 Å². The fourth-order valence-corrected chi connectivity index (χ4v) is 5.22. The number of ether oxygens (including phenoxy) is 1. The lowest BCUT2D eigenvalue weighted by atomic mass is 9.95. The number of hydrogen-bond acceptors (Lipinski definition) is 4. The van der Waals surface area contributed by atoms with E-state index in [1.807, 2.05) is 12.1 Å². The molecule has 1 heterocycles. The molecule has 6 nitrogen and oxygen atoms in total. The second-order valence-corrected chi connectivity index (χ2v) is 8.49. The number of rotatable bonds is 5. The summed E-state index contributed by atoms with van der Waals surface area (Å²) in [5.74, 6) is -0.149. The zero-order valence-corrected chi connectivity index (χ0v) is 14.8. The zero-order chi connectivity index (χ0) is 18.3. The van der Waals surface area contributed by atoms with E-state index in [4.69, 9.17) is 9.84 Å². The van der Waals surface area contributed by atoms with Crippen LogP contribution in [0.15, 0.2) is 53.4 Å². The molecular formula is C19H19NO5S. The Morgan fingerprint density at radius 2 is 1.88 bits per heavy atom. The largest absolute Gasteiger partial charge is 0.489 e. The molecule has 7 heteroatoms. The predicted octanol–water partition coefficient (Wildman–Crippen LogP) is 2.30. The van der Waals surface area contributed by atoms with Gasteiger partial charge in [0.2, 0.25) is 10.0 Å². The summed E-state index contributed by atoms with van der Waals surface area (Å²) in [6.07, 6.45) is 1.01. The number of benzene rings is 2. The van der Waals surface area contributed by atoms with Crippen LogP contribution >= 0.6 is 0 Å². The highest BCUT2D eigenvalue weighted by Gasteiger charge is 2.44. The molecule has 0 bridgehead atoms. The van der Waals surface area contributed by atoms with Crippen LogP contribution in [0, 0.1) is 0 Å². The molecule has 136 valence electrons. The minimum absolute atomic E-state index is 0.0767. The Balaban J connectivity index is 1.52. The van der Waals surface area contributed by atoms with Gasteiger partial charge in [0.05, 0.1) is 11.3 Å². The number of para-hydroxylation sites is 1. The summed E-state index contributed by atoms with van der Waals surface area (Å²) in [6, 6.07) is 13.7. The molecule has 4 rings (SSSR count). The summed E-state index contributed by atoms with van der Waals surface area (Å²) in [5.41, 5.74) is 1.65. The molecule has 1 saturated carbocycles. The maximum Gasteiger partial charge on any atom is 0.307 e. The van der Waals surface area contributed by atoms with Crippen molar-refractivity contribution in [2.24, 2.45) is 0 Å². The number of fused-ring (bicyclic) bond motifs is 3. The molecule has 0 aromatic heterocycles. The highest BCUT2D eigenvalue weighted by atomic mass is 32.2. The van der Waals surface area contributed by atoms with E-state index in [9.17, 15) is 13.2 Å². The maximum absolute atomic E-state index is 12.5. The van der Waals surface area contributed by atoms with Gasteiger partial charge in [0.25, 0.3) is 0 Å². The second-order valence-electron chi connectivity index (χ2n) is 6.77. The highest BCUT2D eigenvalue weighted by Crippen LogP contribution is 2.48. The van der Waals surface area contributed by atoms with Crippen molar-refractivity contribution < 1.29 is 23.1 Å². The molecule has 2 aliphatic rings. The fourth-order valence-electron chi connectivity index (χ4n) is 3.93. The molecule has 3 atom stereocenters. The molecule has 26 heavy (non-hydrogen) atoms. The molecule has 0 spiro atoms. The first kappa shape index (κ1) is 17.1. The molecule has 3 unspecified atom stereocenters. The lowest BCUT2D eigenvalue weighted by Crippen LogP contribution is -2.33. The van der Waals surface area contributed by atoms with E-state index >= 15 is 0 Å². The van der Waals surface area contributed by atoms with Crippen LogP contribution in [0.25, 0.3) is 0 Å². The van der Waals surface area contributed by atoms with Crippen molar-refractivity contribution in [3.63, 3.8) is 0 Å². The first-order valence-electron chi connectivity index (χ1n) is 8.51. The van der Waals surface area contributed by atoms with Crippen molar-refractivity contribution in [2.45, 2.75) is 42.2 Å².